The van der Waals surface area contributed by atoms with Gasteiger partial charge in [-0.1, -0.05) is 0 Å². The number of hydrogen-bond donors (Lipinski definition) is 2. The molecule has 7 rings (SSSR count). The lowest BCUT2D eigenvalue weighted by atomic mass is 10.0. The van der Waals surface area contributed by atoms with Crippen LogP contribution in [-0.4, -0.2) is 79.1 Å². The molecule has 1 aliphatic carbocycles. The molecular weight excluding hydrogens is 559 g/mol. The molecule has 9 nitrogen and oxygen atoms in total. The molecule has 41 heavy (non-hydrogen) atoms. The highest BCUT2D eigenvalue weighted by molar-refractivity contribution is 7.89. The van der Waals surface area contributed by atoms with Crippen molar-refractivity contribution < 1.29 is 31.1 Å². The fraction of sp³-hybridized carbons (Fsp3) is 0.536. The Morgan fingerprint density at radius 3 is 2.54 bits per heavy atom. The molecule has 0 amide bonds. The fourth-order valence-electron chi connectivity index (χ4n) is 6.68. The Balaban J connectivity index is 1.10. The highest BCUT2D eigenvalue weighted by atomic mass is 32.2. The van der Waals surface area contributed by atoms with Gasteiger partial charge in [0.05, 0.1) is 36.0 Å². The number of H-pyrrole nitrogens is 1. The highest BCUT2D eigenvalue weighted by Gasteiger charge is 2.43. The van der Waals surface area contributed by atoms with Gasteiger partial charge in [-0.2, -0.15) is 17.5 Å². The number of halogens is 3. The minimum atomic E-state index is -4.49. The summed E-state index contributed by atoms with van der Waals surface area (Å²) in [7, 11) is -2.29. The number of ether oxygens (including phenoxy) is 2. The van der Waals surface area contributed by atoms with E-state index in [-0.39, 0.29) is 21.8 Å². The summed E-state index contributed by atoms with van der Waals surface area (Å²) in [6, 6.07) is 7.10. The van der Waals surface area contributed by atoms with Gasteiger partial charge in [-0.25, -0.2) is 13.4 Å². The van der Waals surface area contributed by atoms with Crippen LogP contribution in [0.3, 0.4) is 0 Å². The molecule has 3 saturated heterocycles. The SMILES string of the molecule is COc1cc(S(=O)(=O)N2CCC(N3CC4C[C@H]3CO4)CC2)ccc1Nc1cc(C2CC2)c2c(C(F)(F)F)c[nH]c2n1. The maximum absolute atomic E-state index is 13.6. The second kappa shape index (κ2) is 9.85. The molecule has 5 heterocycles. The van der Waals surface area contributed by atoms with E-state index in [2.05, 4.69) is 20.2 Å². The number of alkyl halides is 3. The molecule has 2 N–H and O–H groups in total. The molecule has 13 heteroatoms. The first-order valence-electron chi connectivity index (χ1n) is 14.0. The third kappa shape index (κ3) is 4.86. The Bertz CT molecular complexity index is 1580. The number of aromatic amines is 1. The second-order valence-electron chi connectivity index (χ2n) is 11.5. The quantitative estimate of drug-likeness (QED) is 0.406. The number of pyridine rings is 1. The molecule has 2 aromatic heterocycles. The van der Waals surface area contributed by atoms with Crippen molar-refractivity contribution in [3.05, 3.63) is 41.6 Å². The number of methoxy groups -OCH3 is 1. The molecule has 2 atom stereocenters. The van der Waals surface area contributed by atoms with Gasteiger partial charge in [0.2, 0.25) is 10.0 Å². The molecule has 1 unspecified atom stereocenters. The number of aromatic nitrogens is 2. The van der Waals surface area contributed by atoms with Crippen molar-refractivity contribution >= 4 is 32.6 Å². The summed E-state index contributed by atoms with van der Waals surface area (Å²) in [5, 5.41) is 3.24. The molecule has 4 aliphatic rings. The van der Waals surface area contributed by atoms with Crippen molar-refractivity contribution in [1.82, 2.24) is 19.2 Å². The average Bonchev–Trinajstić information content (AvgIpc) is 3.34. The molecule has 3 aromatic rings. The van der Waals surface area contributed by atoms with Crippen molar-refractivity contribution in [3.8, 4) is 5.75 Å². The van der Waals surface area contributed by atoms with Gasteiger partial charge < -0.3 is 19.8 Å². The van der Waals surface area contributed by atoms with Crippen LogP contribution in [0.2, 0.25) is 0 Å². The monoisotopic (exact) mass is 591 g/mol. The lowest BCUT2D eigenvalue weighted by Gasteiger charge is -2.39. The third-order valence-electron chi connectivity index (χ3n) is 8.90. The largest absolute Gasteiger partial charge is 0.495 e. The minimum Gasteiger partial charge on any atom is -0.495 e. The Morgan fingerprint density at radius 1 is 1.12 bits per heavy atom. The van der Waals surface area contributed by atoms with Crippen LogP contribution in [0.4, 0.5) is 24.7 Å². The molecule has 0 radical (unpaired) electrons. The van der Waals surface area contributed by atoms with Gasteiger partial charge in [0, 0.05) is 49.4 Å². The number of piperidine rings is 1. The summed E-state index contributed by atoms with van der Waals surface area (Å²) < 4.78 is 80.7. The van der Waals surface area contributed by atoms with Gasteiger partial charge >= 0.3 is 6.18 Å². The number of likely N-dealkylation sites (tertiary alicyclic amines) is 1. The number of nitrogens with one attached hydrogen (secondary N) is 2. The van der Waals surface area contributed by atoms with Gasteiger partial charge in [-0.3, -0.25) is 4.90 Å². The fourth-order valence-corrected chi connectivity index (χ4v) is 8.17. The molecule has 2 bridgehead atoms. The lowest BCUT2D eigenvalue weighted by molar-refractivity contribution is -0.136. The van der Waals surface area contributed by atoms with Gasteiger partial charge in [0.15, 0.2) is 0 Å². The van der Waals surface area contributed by atoms with Crippen LogP contribution in [0, 0.1) is 0 Å². The Kier molecular flexibility index (Phi) is 6.49. The van der Waals surface area contributed by atoms with Crippen LogP contribution in [0.1, 0.15) is 49.1 Å². The number of hydrogen-bond acceptors (Lipinski definition) is 7. The van der Waals surface area contributed by atoms with E-state index in [1.54, 1.807) is 12.1 Å². The van der Waals surface area contributed by atoms with Crippen LogP contribution in [0.25, 0.3) is 11.0 Å². The lowest BCUT2D eigenvalue weighted by Crippen LogP contribution is -2.50. The Labute approximate surface area is 236 Å². The van der Waals surface area contributed by atoms with Gasteiger partial charge in [0.1, 0.15) is 17.2 Å². The highest BCUT2D eigenvalue weighted by Crippen LogP contribution is 2.47. The average molecular weight is 592 g/mol. The molecular formula is C28H32F3N5O4S. The van der Waals surface area contributed by atoms with E-state index in [1.807, 2.05) is 0 Å². The van der Waals surface area contributed by atoms with Crippen molar-refractivity contribution in [3.63, 3.8) is 0 Å². The Morgan fingerprint density at radius 2 is 1.90 bits per heavy atom. The first-order chi connectivity index (χ1) is 19.6. The summed E-state index contributed by atoms with van der Waals surface area (Å²) in [6.07, 6.45) is 1.07. The van der Waals surface area contributed by atoms with Crippen LogP contribution >= 0.6 is 0 Å². The number of sulfonamides is 1. The van der Waals surface area contributed by atoms with Crippen molar-refractivity contribution in [2.45, 2.75) is 67.3 Å². The number of rotatable bonds is 7. The smallest absolute Gasteiger partial charge is 0.418 e. The van der Waals surface area contributed by atoms with E-state index in [4.69, 9.17) is 9.47 Å². The first-order valence-corrected chi connectivity index (χ1v) is 15.5. The molecule has 4 fully saturated rings. The Hall–Kier alpha value is -2.87. The first kappa shape index (κ1) is 27.0. The van der Waals surface area contributed by atoms with E-state index in [1.165, 1.54) is 23.5 Å². The number of morpholine rings is 1. The van der Waals surface area contributed by atoms with E-state index in [9.17, 15) is 21.6 Å². The summed E-state index contributed by atoms with van der Waals surface area (Å²) in [5.74, 6) is 0.698. The van der Waals surface area contributed by atoms with E-state index >= 15 is 0 Å². The van der Waals surface area contributed by atoms with Crippen molar-refractivity contribution in [2.24, 2.45) is 0 Å². The summed E-state index contributed by atoms with van der Waals surface area (Å²) in [4.78, 5) is 9.69. The van der Waals surface area contributed by atoms with Gasteiger partial charge in [-0.15, -0.1) is 0 Å². The standard InChI is InChI=1S/C28H32F3N5O4S/c1-39-24-11-20(41(37,38)35-8-6-17(7-9-35)36-14-19-10-18(36)15-40-19)4-5-23(24)33-25-12-21(16-2-3-16)26-22(28(29,30)31)13-32-27(26)34-25/h4-5,11-13,16-19H,2-3,6-10,14-15H2,1H3,(H2,32,33,34)/t18-,19?/m0/s1. The molecule has 1 aromatic carbocycles. The van der Waals surface area contributed by atoms with Crippen LogP contribution in [-0.2, 0) is 20.9 Å². The zero-order valence-electron chi connectivity index (χ0n) is 22.6. The zero-order valence-corrected chi connectivity index (χ0v) is 23.4. The van der Waals surface area contributed by atoms with Crippen molar-refractivity contribution in [1.29, 1.82) is 0 Å². The van der Waals surface area contributed by atoms with Crippen LogP contribution in [0.15, 0.2) is 35.4 Å². The van der Waals surface area contributed by atoms with Crippen molar-refractivity contribution in [2.75, 3.05) is 38.7 Å². The van der Waals surface area contributed by atoms with Crippen LogP contribution in [0.5, 0.6) is 5.75 Å². The molecule has 220 valence electrons. The van der Waals surface area contributed by atoms with E-state index in [0.29, 0.717) is 54.1 Å². The minimum absolute atomic E-state index is 0.0467. The third-order valence-corrected chi connectivity index (χ3v) is 10.8. The van der Waals surface area contributed by atoms with E-state index in [0.717, 1.165) is 51.5 Å². The normalized spacial score (nSPS) is 24.4. The second-order valence-corrected chi connectivity index (χ2v) is 13.4. The number of fused-ring (bicyclic) bond motifs is 3. The molecule has 0 spiro atoms. The number of anilines is 2. The predicted octanol–water partition coefficient (Wildman–Crippen LogP) is 4.84. The van der Waals surface area contributed by atoms with E-state index < -0.39 is 21.8 Å². The number of benzene rings is 1. The molecule has 1 saturated carbocycles. The maximum Gasteiger partial charge on any atom is 0.418 e. The predicted molar refractivity (Wildman–Crippen MR) is 146 cm³/mol. The van der Waals surface area contributed by atoms with Crippen LogP contribution < -0.4 is 10.1 Å². The zero-order chi connectivity index (χ0) is 28.5. The van der Waals surface area contributed by atoms with Gasteiger partial charge in [-0.05, 0) is 61.8 Å². The topological polar surface area (TPSA) is 99.8 Å². The summed E-state index contributed by atoms with van der Waals surface area (Å²) >= 11 is 0. The molecule has 3 aliphatic heterocycles. The number of nitrogens with zero attached hydrogens (tertiary/aromatic N) is 3. The summed E-state index contributed by atoms with van der Waals surface area (Å²) in [6.45, 7) is 2.61. The summed E-state index contributed by atoms with van der Waals surface area (Å²) in [5.41, 5.74) is 0.501. The van der Waals surface area contributed by atoms with Gasteiger partial charge in [0.25, 0.3) is 0 Å². The maximum atomic E-state index is 13.6.